The Kier molecular flexibility index (Phi) is 7.75. The van der Waals surface area contributed by atoms with Crippen LogP contribution in [0.1, 0.15) is 32.4 Å². The summed E-state index contributed by atoms with van der Waals surface area (Å²) in [4.78, 5) is 22.7. The number of amides is 1. The maximum atomic E-state index is 14.5. The molecule has 1 fully saturated rings. The molecule has 1 saturated carbocycles. The average Bonchev–Trinajstić information content (AvgIpc) is 2.66. The minimum Gasteiger partial charge on any atom is -0.475 e. The molecule has 8 nitrogen and oxygen atoms in total. The second-order valence-electron chi connectivity index (χ2n) is 7.26. The number of ether oxygens (including phenoxy) is 3. The number of aromatic nitrogens is 3. The van der Waals surface area contributed by atoms with Gasteiger partial charge in [-0.15, -0.1) is 0 Å². The summed E-state index contributed by atoms with van der Waals surface area (Å²) in [5.74, 6) is -0.937. The van der Waals surface area contributed by atoms with Crippen LogP contribution in [0.25, 0.3) is 0 Å². The Labute approximate surface area is 179 Å². The molecule has 1 atom stereocenters. The lowest BCUT2D eigenvalue weighted by molar-refractivity contribution is -0.120. The number of pyridine rings is 1. The van der Waals surface area contributed by atoms with Crippen molar-refractivity contribution in [2.45, 2.75) is 45.4 Å². The van der Waals surface area contributed by atoms with E-state index >= 15 is 0 Å². The van der Waals surface area contributed by atoms with Crippen LogP contribution in [0.2, 0.25) is 5.02 Å². The molecule has 2 aromatic rings. The van der Waals surface area contributed by atoms with Gasteiger partial charge in [0.2, 0.25) is 11.7 Å². The number of hydrogen-bond donors (Lipinski definition) is 1. The molecule has 0 saturated heterocycles. The Balaban J connectivity index is 1.41. The van der Waals surface area contributed by atoms with Gasteiger partial charge in [0.25, 0.3) is 11.8 Å². The SMILES string of the molecule is CC(=O)N[C@@H](C)COC1CC(COc2ncnc(OCc3cc(Cl)ccn3)c2F)C1. The molecule has 3 rings (SSSR count). The van der Waals surface area contributed by atoms with Gasteiger partial charge in [-0.3, -0.25) is 9.78 Å². The predicted molar refractivity (Wildman–Crippen MR) is 107 cm³/mol. The zero-order valence-electron chi connectivity index (χ0n) is 16.8. The van der Waals surface area contributed by atoms with E-state index in [9.17, 15) is 9.18 Å². The molecule has 1 aliphatic carbocycles. The highest BCUT2D eigenvalue weighted by atomic mass is 35.5. The molecular weight excluding hydrogens is 415 g/mol. The zero-order chi connectivity index (χ0) is 21.5. The fraction of sp³-hybridized carbons (Fsp3) is 0.500. The van der Waals surface area contributed by atoms with Gasteiger partial charge >= 0.3 is 0 Å². The molecule has 0 aliphatic heterocycles. The van der Waals surface area contributed by atoms with Crippen molar-refractivity contribution in [3.8, 4) is 11.8 Å². The van der Waals surface area contributed by atoms with Crippen LogP contribution in [0.3, 0.4) is 0 Å². The number of nitrogens with one attached hydrogen (secondary N) is 1. The van der Waals surface area contributed by atoms with Crippen molar-refractivity contribution >= 4 is 17.5 Å². The standard InChI is InChI=1S/C20H24ClFN4O4/c1-12(26-13(2)27)8-28-17-5-14(6-17)9-29-19-18(22)20(25-11-24-19)30-10-16-7-15(21)3-4-23-16/h3-4,7,11-12,14,17H,5-6,8-10H2,1-2H3,(H,26,27)/t12-,14?,17?/m0/s1. The third kappa shape index (κ3) is 6.50. The van der Waals surface area contributed by atoms with Crippen LogP contribution in [-0.4, -0.2) is 46.2 Å². The van der Waals surface area contributed by atoms with Gasteiger partial charge in [-0.05, 0) is 37.8 Å². The van der Waals surface area contributed by atoms with Crippen LogP contribution in [-0.2, 0) is 16.1 Å². The quantitative estimate of drug-likeness (QED) is 0.609. The molecule has 10 heteroatoms. The molecule has 1 aliphatic rings. The summed E-state index contributed by atoms with van der Waals surface area (Å²) in [6, 6.07) is 3.24. The molecule has 1 N–H and O–H groups in total. The normalized spacial score (nSPS) is 18.9. The summed E-state index contributed by atoms with van der Waals surface area (Å²) in [7, 11) is 0. The molecule has 0 radical (unpaired) electrons. The molecule has 0 aromatic carbocycles. The van der Waals surface area contributed by atoms with E-state index in [2.05, 4.69) is 20.3 Å². The monoisotopic (exact) mass is 438 g/mol. The highest BCUT2D eigenvalue weighted by Crippen LogP contribution is 2.31. The number of halogens is 2. The van der Waals surface area contributed by atoms with Crippen molar-refractivity contribution in [3.05, 3.63) is 41.2 Å². The van der Waals surface area contributed by atoms with Crippen molar-refractivity contribution in [3.63, 3.8) is 0 Å². The maximum Gasteiger partial charge on any atom is 0.258 e. The van der Waals surface area contributed by atoms with Gasteiger partial charge in [0, 0.05) is 24.2 Å². The van der Waals surface area contributed by atoms with Gasteiger partial charge in [-0.2, -0.15) is 14.4 Å². The predicted octanol–water partition coefficient (Wildman–Crippen LogP) is 2.94. The van der Waals surface area contributed by atoms with E-state index in [4.69, 9.17) is 25.8 Å². The first kappa shape index (κ1) is 22.2. The maximum absolute atomic E-state index is 14.5. The number of carbonyl (C=O) groups excluding carboxylic acids is 1. The van der Waals surface area contributed by atoms with Crippen LogP contribution in [0, 0.1) is 11.7 Å². The van der Waals surface area contributed by atoms with Gasteiger partial charge in [0.15, 0.2) is 0 Å². The van der Waals surface area contributed by atoms with Crippen LogP contribution in [0.4, 0.5) is 4.39 Å². The lowest BCUT2D eigenvalue weighted by Gasteiger charge is -2.35. The number of hydrogen-bond acceptors (Lipinski definition) is 7. The molecule has 162 valence electrons. The molecule has 1 amide bonds. The summed E-state index contributed by atoms with van der Waals surface area (Å²) < 4.78 is 31.2. The fourth-order valence-electron chi connectivity index (χ4n) is 3.02. The van der Waals surface area contributed by atoms with Crippen molar-refractivity contribution < 1.29 is 23.4 Å². The fourth-order valence-corrected chi connectivity index (χ4v) is 3.20. The number of rotatable bonds is 10. The van der Waals surface area contributed by atoms with Crippen LogP contribution >= 0.6 is 11.6 Å². The average molecular weight is 439 g/mol. The Morgan fingerprint density at radius 2 is 2.03 bits per heavy atom. The lowest BCUT2D eigenvalue weighted by Crippen LogP contribution is -2.40. The summed E-state index contributed by atoms with van der Waals surface area (Å²) in [5, 5.41) is 3.29. The lowest BCUT2D eigenvalue weighted by atomic mass is 9.83. The summed E-state index contributed by atoms with van der Waals surface area (Å²) >= 11 is 5.90. The molecular formula is C20H24ClFN4O4. The van der Waals surface area contributed by atoms with E-state index in [1.54, 1.807) is 18.3 Å². The van der Waals surface area contributed by atoms with Gasteiger partial charge in [0.05, 0.1) is 25.0 Å². The Bertz CT molecular complexity index is 866. The minimum atomic E-state index is -0.754. The van der Waals surface area contributed by atoms with Crippen molar-refractivity contribution in [2.24, 2.45) is 5.92 Å². The second-order valence-corrected chi connectivity index (χ2v) is 7.69. The van der Waals surface area contributed by atoms with E-state index in [0.717, 1.165) is 12.8 Å². The van der Waals surface area contributed by atoms with E-state index < -0.39 is 5.82 Å². The molecule has 2 aromatic heterocycles. The third-order valence-electron chi connectivity index (χ3n) is 4.54. The summed E-state index contributed by atoms with van der Waals surface area (Å²) in [5.41, 5.74) is 0.552. The second kappa shape index (κ2) is 10.5. The van der Waals surface area contributed by atoms with E-state index in [-0.39, 0.29) is 42.3 Å². The summed E-state index contributed by atoms with van der Waals surface area (Å²) in [6.07, 6.45) is 4.47. The van der Waals surface area contributed by atoms with E-state index in [1.807, 2.05) is 6.92 Å². The smallest absolute Gasteiger partial charge is 0.258 e. The Morgan fingerprint density at radius 1 is 1.30 bits per heavy atom. The van der Waals surface area contributed by atoms with Gasteiger partial charge in [-0.1, -0.05) is 11.6 Å². The van der Waals surface area contributed by atoms with E-state index in [0.29, 0.717) is 23.9 Å². The first-order valence-electron chi connectivity index (χ1n) is 9.66. The van der Waals surface area contributed by atoms with E-state index in [1.165, 1.54) is 13.3 Å². The van der Waals surface area contributed by atoms with Gasteiger partial charge in [0.1, 0.15) is 12.9 Å². The van der Waals surface area contributed by atoms with Crippen molar-refractivity contribution in [1.29, 1.82) is 0 Å². The van der Waals surface area contributed by atoms with Gasteiger partial charge < -0.3 is 19.5 Å². The molecule has 0 unspecified atom stereocenters. The summed E-state index contributed by atoms with van der Waals surface area (Å²) in [6.45, 7) is 4.17. The van der Waals surface area contributed by atoms with Crippen LogP contribution in [0.5, 0.6) is 11.8 Å². The topological polar surface area (TPSA) is 95.5 Å². The number of nitrogens with zero attached hydrogens (tertiary/aromatic N) is 3. The van der Waals surface area contributed by atoms with Crippen molar-refractivity contribution in [2.75, 3.05) is 13.2 Å². The first-order chi connectivity index (χ1) is 14.4. The Hall–Kier alpha value is -2.52. The van der Waals surface area contributed by atoms with Gasteiger partial charge in [-0.25, -0.2) is 0 Å². The highest BCUT2D eigenvalue weighted by Gasteiger charge is 2.31. The highest BCUT2D eigenvalue weighted by molar-refractivity contribution is 6.30. The molecule has 30 heavy (non-hydrogen) atoms. The molecule has 0 spiro atoms. The van der Waals surface area contributed by atoms with Crippen molar-refractivity contribution in [1.82, 2.24) is 20.3 Å². The van der Waals surface area contributed by atoms with Crippen LogP contribution < -0.4 is 14.8 Å². The molecule has 0 bridgehead atoms. The Morgan fingerprint density at radius 3 is 2.73 bits per heavy atom. The molecule has 2 heterocycles. The van der Waals surface area contributed by atoms with Crippen LogP contribution in [0.15, 0.2) is 24.7 Å². The number of carbonyl (C=O) groups is 1. The third-order valence-corrected chi connectivity index (χ3v) is 4.78. The first-order valence-corrected chi connectivity index (χ1v) is 10.0. The largest absolute Gasteiger partial charge is 0.475 e. The zero-order valence-corrected chi connectivity index (χ0v) is 17.6. The minimum absolute atomic E-state index is 0.0203.